The van der Waals surface area contributed by atoms with Gasteiger partial charge in [0.1, 0.15) is 0 Å². The Bertz CT molecular complexity index is 1190. The Balaban J connectivity index is 1.03. The molecule has 10 heteroatoms. The van der Waals surface area contributed by atoms with Crippen molar-refractivity contribution in [3.8, 4) is 0 Å². The first kappa shape index (κ1) is 30.9. The standard InChI is InChI=1S/C34H46N2O2S6/c1-39-31-23(37)33-29(21-27(31)41-25-17-9-5-3-7-15(17)11-13-19(25)35-21)44-34-24(38)32(40-2)28-22(30(34)43-33)36-20-14-12-16-8-4-6-10-18(16)26(20)42-28/h15-22,25-28,31-32,35-36H,3-14H2,1-2H3. The van der Waals surface area contributed by atoms with E-state index < -0.39 is 0 Å². The van der Waals surface area contributed by atoms with Gasteiger partial charge in [-0.1, -0.05) is 62.0 Å². The zero-order valence-corrected chi connectivity index (χ0v) is 30.7. The Morgan fingerprint density at radius 3 is 1.43 bits per heavy atom. The lowest BCUT2D eigenvalue weighted by molar-refractivity contribution is -0.115. The van der Waals surface area contributed by atoms with Crippen LogP contribution in [0.1, 0.15) is 77.0 Å². The summed E-state index contributed by atoms with van der Waals surface area (Å²) in [5.41, 5.74) is 0. The molecule has 4 saturated carbocycles. The molecule has 6 aliphatic carbocycles. The van der Waals surface area contributed by atoms with E-state index in [1.807, 2.05) is 0 Å². The molecule has 0 amide bonds. The van der Waals surface area contributed by atoms with Gasteiger partial charge >= 0.3 is 0 Å². The summed E-state index contributed by atoms with van der Waals surface area (Å²) in [6, 6.07) is 1.41. The van der Waals surface area contributed by atoms with Crippen LogP contribution >= 0.6 is 70.6 Å². The predicted molar refractivity (Wildman–Crippen MR) is 195 cm³/mol. The molecular formula is C34H46N2O2S6. The minimum Gasteiger partial charge on any atom is -0.305 e. The zero-order valence-electron chi connectivity index (χ0n) is 25.8. The van der Waals surface area contributed by atoms with Crippen molar-refractivity contribution in [1.82, 2.24) is 10.6 Å². The summed E-state index contributed by atoms with van der Waals surface area (Å²) in [5.74, 6) is 4.05. The number of fused-ring (bicyclic) bond motifs is 10. The first-order valence-corrected chi connectivity index (χ1v) is 23.5. The van der Waals surface area contributed by atoms with E-state index in [1.54, 1.807) is 47.0 Å². The third-order valence-electron chi connectivity index (χ3n) is 12.8. The van der Waals surface area contributed by atoms with Crippen molar-refractivity contribution >= 4 is 82.1 Å². The average molecular weight is 707 g/mol. The minimum absolute atomic E-state index is 0.00917. The van der Waals surface area contributed by atoms with Crippen molar-refractivity contribution in [2.24, 2.45) is 23.7 Å². The smallest absolute Gasteiger partial charge is 0.184 e. The summed E-state index contributed by atoms with van der Waals surface area (Å²) in [7, 11) is 0. The number of carbonyl (C=O) groups is 2. The Kier molecular flexibility index (Phi) is 8.64. The van der Waals surface area contributed by atoms with E-state index in [0.717, 1.165) is 33.5 Å². The molecule has 0 aromatic carbocycles. The van der Waals surface area contributed by atoms with Gasteiger partial charge in [0.25, 0.3) is 0 Å². The molecule has 14 unspecified atom stereocenters. The topological polar surface area (TPSA) is 58.2 Å². The van der Waals surface area contributed by atoms with Crippen LogP contribution < -0.4 is 10.6 Å². The molecule has 240 valence electrons. The second kappa shape index (κ2) is 12.3. The molecule has 4 nitrogen and oxygen atoms in total. The fourth-order valence-electron chi connectivity index (χ4n) is 10.8. The zero-order chi connectivity index (χ0) is 29.7. The molecule has 0 radical (unpaired) electrons. The third-order valence-corrected chi connectivity index (χ3v) is 21.8. The van der Waals surface area contributed by atoms with Crippen molar-refractivity contribution in [3.63, 3.8) is 0 Å². The van der Waals surface area contributed by atoms with Crippen LogP contribution in [0, 0.1) is 23.7 Å². The van der Waals surface area contributed by atoms with Crippen LogP contribution in [-0.4, -0.2) is 79.7 Å². The fourth-order valence-corrected chi connectivity index (χ4v) is 20.6. The van der Waals surface area contributed by atoms with Crippen LogP contribution in [0.5, 0.6) is 0 Å². The van der Waals surface area contributed by atoms with Crippen molar-refractivity contribution in [3.05, 3.63) is 19.6 Å². The maximum absolute atomic E-state index is 14.4. The lowest BCUT2D eigenvalue weighted by Crippen LogP contribution is -2.65. The number of hydrogen-bond acceptors (Lipinski definition) is 10. The van der Waals surface area contributed by atoms with E-state index in [4.69, 9.17) is 0 Å². The highest BCUT2D eigenvalue weighted by Gasteiger charge is 2.58. The van der Waals surface area contributed by atoms with E-state index >= 15 is 0 Å². The van der Waals surface area contributed by atoms with E-state index in [2.05, 4.69) is 46.7 Å². The molecule has 2 N–H and O–H groups in total. The Hall–Kier alpha value is 0.840. The van der Waals surface area contributed by atoms with Gasteiger partial charge in [0, 0.05) is 42.9 Å². The molecular weight excluding hydrogens is 661 g/mol. The quantitative estimate of drug-likeness (QED) is 0.305. The number of nitrogens with one attached hydrogen (secondary N) is 2. The first-order chi connectivity index (χ1) is 21.6. The van der Waals surface area contributed by atoms with E-state index in [1.165, 1.54) is 86.9 Å². The summed E-state index contributed by atoms with van der Waals surface area (Å²) in [4.78, 5) is 33.1. The molecule has 6 fully saturated rings. The third kappa shape index (κ3) is 4.81. The molecule has 3 heterocycles. The van der Waals surface area contributed by atoms with Gasteiger partial charge in [-0.2, -0.15) is 23.5 Å². The predicted octanol–water partition coefficient (Wildman–Crippen LogP) is 7.34. The molecule has 0 aromatic heterocycles. The summed E-state index contributed by atoms with van der Waals surface area (Å²) >= 11 is 11.3. The summed E-state index contributed by atoms with van der Waals surface area (Å²) < 4.78 is 0. The highest BCUT2D eigenvalue weighted by Crippen LogP contribution is 2.61. The Morgan fingerprint density at radius 2 is 1.00 bits per heavy atom. The summed E-state index contributed by atoms with van der Waals surface area (Å²) in [6.45, 7) is 0. The molecule has 0 aromatic rings. The van der Waals surface area contributed by atoms with Crippen LogP contribution in [0.15, 0.2) is 19.6 Å². The van der Waals surface area contributed by atoms with Crippen LogP contribution in [-0.2, 0) is 9.59 Å². The van der Waals surface area contributed by atoms with Crippen LogP contribution in [0.2, 0.25) is 0 Å². The number of hydrogen-bond donors (Lipinski definition) is 2. The number of ketones is 2. The SMILES string of the molecule is CSC1C(=O)C2=C(SC3=C(S2)C2NC4CCC5CCCCC5C4SC2C(SC)C3=O)C2NC3CCC4CCCCC4C3SC21. The monoisotopic (exact) mass is 706 g/mol. The first-order valence-electron chi connectivity index (χ1n) is 17.4. The van der Waals surface area contributed by atoms with Crippen LogP contribution in [0.25, 0.3) is 0 Å². The second-order valence-electron chi connectivity index (χ2n) is 14.8. The fraction of sp³-hybridized carbons (Fsp3) is 0.824. The van der Waals surface area contributed by atoms with Crippen LogP contribution in [0.3, 0.4) is 0 Å². The molecule has 44 heavy (non-hydrogen) atoms. The molecule has 14 atom stereocenters. The van der Waals surface area contributed by atoms with Gasteiger partial charge in [0.05, 0.1) is 32.4 Å². The van der Waals surface area contributed by atoms with Crippen molar-refractivity contribution in [1.29, 1.82) is 0 Å². The lowest BCUT2D eigenvalue weighted by atomic mass is 9.69. The minimum atomic E-state index is -0.00917. The van der Waals surface area contributed by atoms with E-state index in [9.17, 15) is 9.59 Å². The van der Waals surface area contributed by atoms with Crippen LogP contribution in [0.4, 0.5) is 0 Å². The van der Waals surface area contributed by atoms with Gasteiger partial charge in [-0.15, -0.1) is 23.5 Å². The summed E-state index contributed by atoms with van der Waals surface area (Å²) in [6.07, 6.45) is 20.6. The lowest BCUT2D eigenvalue weighted by Gasteiger charge is -2.56. The van der Waals surface area contributed by atoms with Crippen molar-refractivity contribution in [2.45, 2.75) is 133 Å². The van der Waals surface area contributed by atoms with Gasteiger partial charge < -0.3 is 10.6 Å². The number of thioether (sulfide) groups is 6. The molecule has 2 saturated heterocycles. The number of carbonyl (C=O) groups excluding carboxylic acids is 2. The summed E-state index contributed by atoms with van der Waals surface area (Å²) in [5, 5.41) is 10.1. The highest BCUT2D eigenvalue weighted by molar-refractivity contribution is 8.15. The van der Waals surface area contributed by atoms with Gasteiger partial charge in [0.2, 0.25) is 0 Å². The number of allylic oxidation sites excluding steroid dienone is 2. The maximum atomic E-state index is 14.4. The van der Waals surface area contributed by atoms with Gasteiger partial charge in [-0.3, -0.25) is 9.59 Å². The highest BCUT2D eigenvalue weighted by atomic mass is 32.2. The number of rotatable bonds is 2. The Morgan fingerprint density at radius 1 is 0.568 bits per heavy atom. The molecule has 3 aliphatic heterocycles. The van der Waals surface area contributed by atoms with Gasteiger partial charge in [0.15, 0.2) is 11.6 Å². The molecule has 0 bridgehead atoms. The largest absolute Gasteiger partial charge is 0.305 e. The van der Waals surface area contributed by atoms with E-state index in [0.29, 0.717) is 34.2 Å². The Labute approximate surface area is 289 Å². The second-order valence-corrected chi connectivity index (χ2v) is 21.6. The van der Waals surface area contributed by atoms with Gasteiger partial charge in [-0.05, 0) is 74.7 Å². The molecule has 9 rings (SSSR count). The normalized spacial score (nSPS) is 49.9. The average Bonchev–Trinajstić information content (AvgIpc) is 3.07. The van der Waals surface area contributed by atoms with E-state index in [-0.39, 0.29) is 33.1 Å². The number of Topliss-reactive ketones (excluding diaryl/α,β-unsaturated/α-hetero) is 2. The molecule has 0 spiro atoms. The molecule has 9 aliphatic rings. The maximum Gasteiger partial charge on any atom is 0.184 e. The van der Waals surface area contributed by atoms with Crippen molar-refractivity contribution < 1.29 is 9.59 Å². The van der Waals surface area contributed by atoms with Gasteiger partial charge in [-0.25, -0.2) is 0 Å². The van der Waals surface area contributed by atoms with Crippen molar-refractivity contribution in [2.75, 3.05) is 12.5 Å².